The molecule has 1 heterocycles. The van der Waals surface area contributed by atoms with Crippen molar-refractivity contribution in [2.75, 3.05) is 10.6 Å². The van der Waals surface area contributed by atoms with Crippen LogP contribution in [0.1, 0.15) is 33.1 Å². The molecule has 2 nitrogen and oxygen atoms in total. The smallest absolute Gasteiger partial charge is 0.0660 e. The van der Waals surface area contributed by atoms with Crippen LogP contribution in [0.4, 0.5) is 11.4 Å². The van der Waals surface area contributed by atoms with E-state index in [9.17, 15) is 0 Å². The monoisotopic (exact) mass is 238 g/mol. The molecule has 0 aliphatic carbocycles. The van der Waals surface area contributed by atoms with Crippen molar-refractivity contribution in [1.82, 2.24) is 0 Å². The molecule has 88 valence electrons. The minimum absolute atomic E-state index is 0.575. The van der Waals surface area contributed by atoms with E-state index in [2.05, 4.69) is 18.7 Å². The predicted octanol–water partition coefficient (Wildman–Crippen LogP) is 3.69. The minimum atomic E-state index is 0.575. The van der Waals surface area contributed by atoms with E-state index in [1.165, 1.54) is 19.3 Å². The summed E-state index contributed by atoms with van der Waals surface area (Å²) in [5.74, 6) is 0. The molecule has 1 saturated heterocycles. The van der Waals surface area contributed by atoms with Crippen molar-refractivity contribution in [2.24, 2.45) is 0 Å². The summed E-state index contributed by atoms with van der Waals surface area (Å²) in [6.07, 6.45) is 3.68. The molecule has 2 atom stereocenters. The molecule has 2 N–H and O–H groups in total. The number of rotatable bonds is 2. The molecule has 0 spiro atoms. The summed E-state index contributed by atoms with van der Waals surface area (Å²) < 4.78 is 0. The van der Waals surface area contributed by atoms with Crippen LogP contribution in [0.25, 0.3) is 0 Å². The molecule has 1 aromatic rings. The maximum absolute atomic E-state index is 6.28. The van der Waals surface area contributed by atoms with Gasteiger partial charge in [-0.2, -0.15) is 0 Å². The Morgan fingerprint density at radius 2 is 2.19 bits per heavy atom. The first-order valence-corrected chi connectivity index (χ1v) is 6.34. The lowest BCUT2D eigenvalue weighted by Crippen LogP contribution is -2.34. The summed E-state index contributed by atoms with van der Waals surface area (Å²) in [6, 6.07) is 7.01. The third kappa shape index (κ3) is 1.99. The molecular formula is C13H19ClN2. The van der Waals surface area contributed by atoms with Gasteiger partial charge in [-0.25, -0.2) is 0 Å². The van der Waals surface area contributed by atoms with Gasteiger partial charge in [-0.05, 0) is 44.4 Å². The van der Waals surface area contributed by atoms with Crippen LogP contribution in [-0.4, -0.2) is 12.1 Å². The second-order valence-corrected chi connectivity index (χ2v) is 5.01. The Bertz CT molecular complexity index is 378. The number of nitrogens with zero attached hydrogens (tertiary/aromatic N) is 1. The van der Waals surface area contributed by atoms with E-state index in [0.29, 0.717) is 12.1 Å². The van der Waals surface area contributed by atoms with Crippen LogP contribution in [0.3, 0.4) is 0 Å². The summed E-state index contributed by atoms with van der Waals surface area (Å²) in [7, 11) is 0. The van der Waals surface area contributed by atoms with Crippen molar-refractivity contribution in [3.05, 3.63) is 23.2 Å². The zero-order valence-corrected chi connectivity index (χ0v) is 10.7. The molecular weight excluding hydrogens is 220 g/mol. The molecule has 2 rings (SSSR count). The Morgan fingerprint density at radius 3 is 2.81 bits per heavy atom. The highest BCUT2D eigenvalue weighted by Gasteiger charge is 2.30. The molecule has 3 heteroatoms. The standard InChI is InChI=1S/C13H19ClN2/c1-3-11-6-4-9(2)16(11)13-7-5-10(15)8-12(13)14/h5,7-9,11H,3-4,6,15H2,1-2H3. The lowest BCUT2D eigenvalue weighted by molar-refractivity contribution is 0.628. The Morgan fingerprint density at radius 1 is 1.44 bits per heavy atom. The Kier molecular flexibility index (Phi) is 3.29. The van der Waals surface area contributed by atoms with E-state index < -0.39 is 0 Å². The van der Waals surface area contributed by atoms with Gasteiger partial charge in [-0.15, -0.1) is 0 Å². The van der Waals surface area contributed by atoms with Crippen LogP contribution in [-0.2, 0) is 0 Å². The van der Waals surface area contributed by atoms with Gasteiger partial charge in [-0.3, -0.25) is 0 Å². The normalized spacial score (nSPS) is 25.1. The van der Waals surface area contributed by atoms with Crippen molar-refractivity contribution in [2.45, 2.75) is 45.2 Å². The van der Waals surface area contributed by atoms with Crippen LogP contribution in [0, 0.1) is 0 Å². The summed E-state index contributed by atoms with van der Waals surface area (Å²) >= 11 is 6.28. The summed E-state index contributed by atoms with van der Waals surface area (Å²) in [4.78, 5) is 2.45. The molecule has 0 aromatic heterocycles. The predicted molar refractivity (Wildman–Crippen MR) is 71.1 cm³/mol. The molecule has 1 fully saturated rings. The average Bonchev–Trinajstić information content (AvgIpc) is 2.60. The minimum Gasteiger partial charge on any atom is -0.399 e. The van der Waals surface area contributed by atoms with Crippen molar-refractivity contribution in [1.29, 1.82) is 0 Å². The van der Waals surface area contributed by atoms with E-state index in [0.717, 1.165) is 16.4 Å². The van der Waals surface area contributed by atoms with Gasteiger partial charge in [0, 0.05) is 17.8 Å². The molecule has 0 bridgehead atoms. The Balaban J connectivity index is 2.34. The maximum atomic E-state index is 6.28. The first-order valence-electron chi connectivity index (χ1n) is 5.96. The number of halogens is 1. The van der Waals surface area contributed by atoms with Crippen LogP contribution < -0.4 is 10.6 Å². The van der Waals surface area contributed by atoms with Crippen LogP contribution in [0.5, 0.6) is 0 Å². The number of benzene rings is 1. The fraction of sp³-hybridized carbons (Fsp3) is 0.538. The molecule has 1 aliphatic rings. The van der Waals surface area contributed by atoms with Gasteiger partial charge >= 0.3 is 0 Å². The molecule has 0 amide bonds. The van der Waals surface area contributed by atoms with Crippen LogP contribution in [0.15, 0.2) is 18.2 Å². The topological polar surface area (TPSA) is 29.3 Å². The van der Waals surface area contributed by atoms with Gasteiger partial charge in [0.05, 0.1) is 10.7 Å². The van der Waals surface area contributed by atoms with E-state index in [4.69, 9.17) is 17.3 Å². The SMILES string of the molecule is CCC1CCC(C)N1c1ccc(N)cc1Cl. The fourth-order valence-corrected chi connectivity index (χ4v) is 2.93. The number of nitrogens with two attached hydrogens (primary N) is 1. The second-order valence-electron chi connectivity index (χ2n) is 4.61. The Labute approximate surface area is 102 Å². The molecule has 1 aliphatic heterocycles. The average molecular weight is 239 g/mol. The molecule has 2 unspecified atom stereocenters. The van der Waals surface area contributed by atoms with E-state index >= 15 is 0 Å². The van der Waals surface area contributed by atoms with Crippen molar-refractivity contribution in [3.8, 4) is 0 Å². The van der Waals surface area contributed by atoms with Gasteiger partial charge < -0.3 is 10.6 Å². The second kappa shape index (κ2) is 4.54. The van der Waals surface area contributed by atoms with E-state index in [-0.39, 0.29) is 0 Å². The third-order valence-corrected chi connectivity index (χ3v) is 3.81. The molecule has 16 heavy (non-hydrogen) atoms. The quantitative estimate of drug-likeness (QED) is 0.797. The lowest BCUT2D eigenvalue weighted by Gasteiger charge is -2.31. The first-order chi connectivity index (χ1) is 7.63. The molecule has 0 radical (unpaired) electrons. The summed E-state index contributed by atoms with van der Waals surface area (Å²) in [5.41, 5.74) is 7.59. The molecule has 0 saturated carbocycles. The number of anilines is 2. The van der Waals surface area contributed by atoms with Gasteiger partial charge in [0.1, 0.15) is 0 Å². The highest BCUT2D eigenvalue weighted by molar-refractivity contribution is 6.33. The highest BCUT2D eigenvalue weighted by Crippen LogP contribution is 2.37. The maximum Gasteiger partial charge on any atom is 0.0660 e. The fourth-order valence-electron chi connectivity index (χ4n) is 2.64. The zero-order chi connectivity index (χ0) is 11.7. The first kappa shape index (κ1) is 11.6. The molecule has 1 aromatic carbocycles. The highest BCUT2D eigenvalue weighted by atomic mass is 35.5. The third-order valence-electron chi connectivity index (χ3n) is 3.51. The zero-order valence-electron chi connectivity index (χ0n) is 9.91. The van der Waals surface area contributed by atoms with Gasteiger partial charge in [0.2, 0.25) is 0 Å². The van der Waals surface area contributed by atoms with Gasteiger partial charge in [0.15, 0.2) is 0 Å². The van der Waals surface area contributed by atoms with Gasteiger partial charge in [0.25, 0.3) is 0 Å². The number of nitrogen functional groups attached to an aromatic ring is 1. The van der Waals surface area contributed by atoms with Crippen molar-refractivity contribution in [3.63, 3.8) is 0 Å². The lowest BCUT2D eigenvalue weighted by atomic mass is 10.1. The van der Waals surface area contributed by atoms with E-state index in [1.807, 2.05) is 18.2 Å². The summed E-state index contributed by atoms with van der Waals surface area (Å²) in [6.45, 7) is 4.50. The largest absolute Gasteiger partial charge is 0.399 e. The number of hydrogen-bond acceptors (Lipinski definition) is 2. The van der Waals surface area contributed by atoms with Crippen molar-refractivity contribution < 1.29 is 0 Å². The van der Waals surface area contributed by atoms with Crippen molar-refractivity contribution >= 4 is 23.0 Å². The van der Waals surface area contributed by atoms with Crippen LogP contribution >= 0.6 is 11.6 Å². The van der Waals surface area contributed by atoms with Gasteiger partial charge in [-0.1, -0.05) is 18.5 Å². The summed E-state index contributed by atoms with van der Waals surface area (Å²) in [5, 5.41) is 0.771. The van der Waals surface area contributed by atoms with Crippen LogP contribution in [0.2, 0.25) is 5.02 Å². The number of hydrogen-bond donors (Lipinski definition) is 1. The Hall–Kier alpha value is -0.890. The van der Waals surface area contributed by atoms with E-state index in [1.54, 1.807) is 0 Å².